The lowest BCUT2D eigenvalue weighted by Gasteiger charge is -2.30. The van der Waals surface area contributed by atoms with E-state index in [2.05, 4.69) is 5.32 Å². The molecule has 0 aromatic heterocycles. The molecule has 0 aliphatic rings. The lowest BCUT2D eigenvalue weighted by Crippen LogP contribution is -2.54. The molecular formula is C13H22N2O11S2. The van der Waals surface area contributed by atoms with Crippen LogP contribution < -0.4 is 10.0 Å². The highest BCUT2D eigenvalue weighted by Crippen LogP contribution is 2.19. The SMILES string of the molecule is O=S(=O)(NCO)c1ccc(NC([C@H](O)[C@@H](O)[C@H](O)[C@H](O)CO)S(=O)(=O)O)cc1. The van der Waals surface area contributed by atoms with Gasteiger partial charge in [-0.15, -0.1) is 0 Å². The molecule has 0 aliphatic heterocycles. The first kappa shape index (κ1) is 24.6. The standard InChI is InChI=1S/C13H22N2O11S2/c16-5-9(18)10(19)11(20)12(21)13(28(24,25)26)15-7-1-3-8(4-2-7)27(22,23)14-6-17/h1-4,9-21H,5-6H2,(H,24,25,26)/t9-,10-,11+,12-,13?/m1/s1. The molecule has 0 saturated carbocycles. The predicted octanol–water partition coefficient (Wildman–Crippen LogP) is -4.02. The highest BCUT2D eigenvalue weighted by Gasteiger charge is 2.40. The molecule has 15 heteroatoms. The summed E-state index contributed by atoms with van der Waals surface area (Å²) in [7, 11) is -9.07. The molecule has 9 N–H and O–H groups in total. The number of hydrogen-bond acceptors (Lipinski definition) is 11. The van der Waals surface area contributed by atoms with Gasteiger partial charge in [0.2, 0.25) is 10.0 Å². The summed E-state index contributed by atoms with van der Waals surface area (Å²) >= 11 is 0. The second-order valence-electron chi connectivity index (χ2n) is 5.63. The molecule has 0 fully saturated rings. The fourth-order valence-corrected chi connectivity index (χ4v) is 3.75. The first-order valence-electron chi connectivity index (χ1n) is 7.61. The lowest BCUT2D eigenvalue weighted by molar-refractivity contribution is -0.114. The van der Waals surface area contributed by atoms with Gasteiger partial charge in [-0.25, -0.2) is 8.42 Å². The minimum atomic E-state index is -5.06. The summed E-state index contributed by atoms with van der Waals surface area (Å²) in [6.07, 6.45) is -8.67. The number of anilines is 1. The van der Waals surface area contributed by atoms with Gasteiger partial charge in [-0.2, -0.15) is 13.1 Å². The summed E-state index contributed by atoms with van der Waals surface area (Å²) in [5.74, 6) is 0. The van der Waals surface area contributed by atoms with Crippen molar-refractivity contribution in [3.63, 3.8) is 0 Å². The summed E-state index contributed by atoms with van der Waals surface area (Å²) in [6, 6.07) is 4.19. The van der Waals surface area contributed by atoms with Crippen LogP contribution in [-0.2, 0) is 20.1 Å². The third-order valence-corrected chi connectivity index (χ3v) is 6.08. The molecule has 0 aliphatic carbocycles. The largest absolute Gasteiger partial charge is 0.394 e. The first-order valence-corrected chi connectivity index (χ1v) is 10.6. The van der Waals surface area contributed by atoms with E-state index in [4.69, 9.17) is 10.2 Å². The van der Waals surface area contributed by atoms with Crippen LogP contribution in [0.15, 0.2) is 29.2 Å². The molecule has 1 rings (SSSR count). The number of sulfonamides is 1. The van der Waals surface area contributed by atoms with Crippen LogP contribution in [0.3, 0.4) is 0 Å². The van der Waals surface area contributed by atoms with E-state index in [-0.39, 0.29) is 10.6 Å². The third-order valence-electron chi connectivity index (χ3n) is 3.64. The van der Waals surface area contributed by atoms with Gasteiger partial charge in [0, 0.05) is 5.69 Å². The van der Waals surface area contributed by atoms with E-state index < -0.39 is 63.3 Å². The number of hydrogen-bond donors (Lipinski definition) is 9. The van der Waals surface area contributed by atoms with Crippen molar-refractivity contribution in [2.45, 2.75) is 34.7 Å². The van der Waals surface area contributed by atoms with Crippen molar-refractivity contribution in [2.75, 3.05) is 18.7 Å². The quantitative estimate of drug-likeness (QED) is 0.117. The molecule has 1 aromatic rings. The minimum Gasteiger partial charge on any atom is -0.394 e. The van der Waals surface area contributed by atoms with Crippen molar-refractivity contribution in [3.05, 3.63) is 24.3 Å². The Hall–Kier alpha value is -1.40. The van der Waals surface area contributed by atoms with Crippen LogP contribution in [0.5, 0.6) is 0 Å². The minimum absolute atomic E-state index is 0.103. The van der Waals surface area contributed by atoms with E-state index in [0.29, 0.717) is 0 Å². The van der Waals surface area contributed by atoms with E-state index in [1.807, 2.05) is 4.72 Å². The van der Waals surface area contributed by atoms with Gasteiger partial charge < -0.3 is 36.0 Å². The van der Waals surface area contributed by atoms with Gasteiger partial charge >= 0.3 is 0 Å². The number of rotatable bonds is 11. The topological polar surface area (TPSA) is 234 Å². The molecule has 0 radical (unpaired) electrons. The Bertz CT molecular complexity index is 829. The van der Waals surface area contributed by atoms with Gasteiger partial charge in [-0.3, -0.25) is 4.55 Å². The summed E-state index contributed by atoms with van der Waals surface area (Å²) < 4.78 is 57.6. The molecule has 0 spiro atoms. The maximum atomic E-state index is 11.7. The zero-order valence-corrected chi connectivity index (χ0v) is 15.8. The maximum Gasteiger partial charge on any atom is 0.288 e. The van der Waals surface area contributed by atoms with E-state index in [9.17, 15) is 41.8 Å². The molecule has 162 valence electrons. The van der Waals surface area contributed by atoms with Gasteiger partial charge in [0.25, 0.3) is 10.1 Å². The van der Waals surface area contributed by atoms with Crippen LogP contribution >= 0.6 is 0 Å². The molecular weight excluding hydrogens is 424 g/mol. The first-order chi connectivity index (χ1) is 12.8. The average molecular weight is 446 g/mol. The zero-order valence-electron chi connectivity index (χ0n) is 14.2. The molecule has 0 saturated heterocycles. The Labute approximate surface area is 160 Å². The van der Waals surface area contributed by atoms with E-state index in [1.54, 1.807) is 0 Å². The number of nitrogens with one attached hydrogen (secondary N) is 2. The van der Waals surface area contributed by atoms with Crippen molar-refractivity contribution >= 4 is 25.8 Å². The Morgan fingerprint density at radius 3 is 1.82 bits per heavy atom. The fraction of sp³-hybridized carbons (Fsp3) is 0.538. The molecule has 0 heterocycles. The van der Waals surface area contributed by atoms with E-state index >= 15 is 0 Å². The summed E-state index contributed by atoms with van der Waals surface area (Å²) in [5, 5.41) is 56.0. The zero-order chi connectivity index (χ0) is 21.7. The van der Waals surface area contributed by atoms with Crippen LogP contribution in [0, 0.1) is 0 Å². The van der Waals surface area contributed by atoms with Crippen LogP contribution in [0.25, 0.3) is 0 Å². The molecule has 0 amide bonds. The molecule has 1 unspecified atom stereocenters. The van der Waals surface area contributed by atoms with Crippen molar-refractivity contribution in [2.24, 2.45) is 0 Å². The van der Waals surface area contributed by atoms with E-state index in [1.165, 1.54) is 0 Å². The number of benzene rings is 1. The molecule has 28 heavy (non-hydrogen) atoms. The van der Waals surface area contributed by atoms with E-state index in [0.717, 1.165) is 24.3 Å². The molecule has 5 atom stereocenters. The summed E-state index contributed by atoms with van der Waals surface area (Å²) in [4.78, 5) is -0.280. The van der Waals surface area contributed by atoms with Gasteiger partial charge in [0.1, 0.15) is 31.1 Å². The van der Waals surface area contributed by atoms with Crippen LogP contribution in [0.4, 0.5) is 5.69 Å². The van der Waals surface area contributed by atoms with Gasteiger partial charge in [0.15, 0.2) is 5.37 Å². The molecule has 13 nitrogen and oxygen atoms in total. The fourth-order valence-electron chi connectivity index (χ4n) is 2.12. The van der Waals surface area contributed by atoms with Crippen LogP contribution in [-0.4, -0.2) is 95.2 Å². The monoisotopic (exact) mass is 446 g/mol. The van der Waals surface area contributed by atoms with Crippen molar-refractivity contribution < 1.29 is 52.0 Å². The lowest BCUT2D eigenvalue weighted by atomic mass is 10.0. The van der Waals surface area contributed by atoms with Gasteiger partial charge in [0.05, 0.1) is 11.5 Å². The van der Waals surface area contributed by atoms with Crippen molar-refractivity contribution in [1.29, 1.82) is 0 Å². The summed E-state index contributed by atoms with van der Waals surface area (Å²) in [6.45, 7) is -1.84. The normalized spacial score (nSPS) is 18.1. The smallest absolute Gasteiger partial charge is 0.288 e. The van der Waals surface area contributed by atoms with Crippen molar-refractivity contribution in [1.82, 2.24) is 4.72 Å². The van der Waals surface area contributed by atoms with Gasteiger partial charge in [-0.05, 0) is 24.3 Å². The van der Waals surface area contributed by atoms with Crippen LogP contribution in [0.2, 0.25) is 0 Å². The maximum absolute atomic E-state index is 11.7. The number of aliphatic hydroxyl groups is 6. The second-order valence-corrected chi connectivity index (χ2v) is 8.94. The summed E-state index contributed by atoms with van der Waals surface area (Å²) in [5.41, 5.74) is -0.103. The van der Waals surface area contributed by atoms with Gasteiger partial charge in [-0.1, -0.05) is 0 Å². The Morgan fingerprint density at radius 1 is 0.857 bits per heavy atom. The average Bonchev–Trinajstić information content (AvgIpc) is 2.63. The molecule has 1 aromatic carbocycles. The predicted molar refractivity (Wildman–Crippen MR) is 93.9 cm³/mol. The highest BCUT2D eigenvalue weighted by atomic mass is 32.2. The highest BCUT2D eigenvalue weighted by molar-refractivity contribution is 7.89. The Balaban J connectivity index is 3.08. The molecule has 0 bridgehead atoms. The van der Waals surface area contributed by atoms with Crippen LogP contribution in [0.1, 0.15) is 0 Å². The third kappa shape index (κ3) is 6.31. The Kier molecular flexibility index (Phi) is 8.69. The number of aliphatic hydroxyl groups excluding tert-OH is 6. The second kappa shape index (κ2) is 9.88. The Morgan fingerprint density at radius 2 is 1.39 bits per heavy atom. The van der Waals surface area contributed by atoms with Crippen molar-refractivity contribution in [3.8, 4) is 0 Å².